The largest absolute Gasteiger partial charge is 0.434 e. The topological polar surface area (TPSA) is 64.7 Å². The van der Waals surface area contributed by atoms with Crippen LogP contribution in [-0.4, -0.2) is 31.8 Å². The Morgan fingerprint density at radius 1 is 1.46 bits per heavy atom. The first-order valence-electron chi connectivity index (χ1n) is 7.69. The first kappa shape index (κ1) is 16.5. The molecule has 9 heteroatoms. The number of halogens is 3. The standard InChI is InChI=1S/C15H18F3N5O/c1-22-5-4-11(21-22)6-14(24)19-7-10-2-3-13-20-12(15(16,17)18)9-23(13)8-10/h4-5,9-10H,2-3,6-8H2,1H3,(H,19,24)/t10-/m0/s1. The summed E-state index contributed by atoms with van der Waals surface area (Å²) < 4.78 is 41.3. The zero-order valence-electron chi connectivity index (χ0n) is 13.2. The van der Waals surface area contributed by atoms with Crippen LogP contribution in [0.1, 0.15) is 23.6 Å². The first-order valence-corrected chi connectivity index (χ1v) is 7.69. The fourth-order valence-electron chi connectivity index (χ4n) is 2.86. The molecule has 0 aromatic carbocycles. The van der Waals surface area contributed by atoms with Crippen molar-refractivity contribution in [2.24, 2.45) is 13.0 Å². The maximum atomic E-state index is 12.7. The lowest BCUT2D eigenvalue weighted by atomic mass is 9.99. The van der Waals surface area contributed by atoms with Gasteiger partial charge in [-0.15, -0.1) is 0 Å². The fraction of sp³-hybridized carbons (Fsp3) is 0.533. The Kier molecular flexibility index (Phi) is 4.33. The average molecular weight is 341 g/mol. The summed E-state index contributed by atoms with van der Waals surface area (Å²) in [7, 11) is 1.78. The number of carbonyl (C=O) groups excluding carboxylic acids is 1. The molecule has 0 fully saturated rings. The third-order valence-electron chi connectivity index (χ3n) is 4.08. The normalized spacial score (nSPS) is 17.6. The Balaban J connectivity index is 1.52. The Bertz CT molecular complexity index is 734. The lowest BCUT2D eigenvalue weighted by Crippen LogP contribution is -2.34. The molecule has 6 nitrogen and oxygen atoms in total. The lowest BCUT2D eigenvalue weighted by molar-refractivity contribution is -0.141. The third kappa shape index (κ3) is 3.77. The molecule has 2 aromatic rings. The molecule has 1 amide bonds. The van der Waals surface area contributed by atoms with Gasteiger partial charge >= 0.3 is 6.18 Å². The minimum absolute atomic E-state index is 0.0977. The van der Waals surface area contributed by atoms with Crippen molar-refractivity contribution >= 4 is 5.91 Å². The summed E-state index contributed by atoms with van der Waals surface area (Å²) in [6.45, 7) is 0.868. The molecule has 1 aliphatic heterocycles. The van der Waals surface area contributed by atoms with Gasteiger partial charge in [-0.25, -0.2) is 4.98 Å². The number of hydrogen-bond donors (Lipinski definition) is 1. The molecule has 3 heterocycles. The van der Waals surface area contributed by atoms with E-state index in [0.717, 1.165) is 6.20 Å². The average Bonchev–Trinajstić information content (AvgIpc) is 3.10. The van der Waals surface area contributed by atoms with E-state index in [9.17, 15) is 18.0 Å². The molecule has 0 unspecified atom stereocenters. The first-order chi connectivity index (χ1) is 11.3. The minimum atomic E-state index is -4.42. The van der Waals surface area contributed by atoms with Crippen molar-refractivity contribution in [1.29, 1.82) is 0 Å². The lowest BCUT2D eigenvalue weighted by Gasteiger charge is -2.23. The summed E-state index contributed by atoms with van der Waals surface area (Å²) in [5.74, 6) is 0.417. The molecular formula is C15H18F3N5O. The van der Waals surface area contributed by atoms with Crippen LogP contribution in [0.25, 0.3) is 0 Å². The molecule has 0 radical (unpaired) electrons. The van der Waals surface area contributed by atoms with Gasteiger partial charge in [0.15, 0.2) is 5.69 Å². The molecule has 0 bridgehead atoms. The molecule has 0 saturated carbocycles. The Morgan fingerprint density at radius 3 is 2.92 bits per heavy atom. The van der Waals surface area contributed by atoms with E-state index in [-0.39, 0.29) is 18.2 Å². The van der Waals surface area contributed by atoms with Crippen molar-refractivity contribution in [2.75, 3.05) is 6.54 Å². The number of hydrogen-bond acceptors (Lipinski definition) is 3. The van der Waals surface area contributed by atoms with Crippen LogP contribution in [-0.2, 0) is 37.4 Å². The molecule has 3 rings (SSSR count). The maximum absolute atomic E-state index is 12.7. The predicted octanol–water partition coefficient (Wildman–Crippen LogP) is 1.56. The fourth-order valence-corrected chi connectivity index (χ4v) is 2.86. The minimum Gasteiger partial charge on any atom is -0.355 e. The number of amides is 1. The van der Waals surface area contributed by atoms with E-state index in [2.05, 4.69) is 15.4 Å². The highest BCUT2D eigenvalue weighted by Gasteiger charge is 2.35. The Labute approximate surface area is 136 Å². The van der Waals surface area contributed by atoms with Gasteiger partial charge < -0.3 is 9.88 Å². The van der Waals surface area contributed by atoms with Gasteiger partial charge in [-0.2, -0.15) is 18.3 Å². The zero-order chi connectivity index (χ0) is 17.3. The zero-order valence-corrected chi connectivity index (χ0v) is 13.2. The molecule has 24 heavy (non-hydrogen) atoms. The van der Waals surface area contributed by atoms with E-state index < -0.39 is 11.9 Å². The molecule has 1 atom stereocenters. The number of aryl methyl sites for hydroxylation is 2. The van der Waals surface area contributed by atoms with Gasteiger partial charge in [0.05, 0.1) is 12.1 Å². The molecule has 130 valence electrons. The number of rotatable bonds is 4. The summed E-state index contributed by atoms with van der Waals surface area (Å²) in [4.78, 5) is 15.6. The van der Waals surface area contributed by atoms with E-state index >= 15 is 0 Å². The SMILES string of the molecule is Cn1ccc(CC(=O)NC[C@@H]2CCc3nc(C(F)(F)F)cn3C2)n1. The van der Waals surface area contributed by atoms with Gasteiger partial charge in [0.1, 0.15) is 5.82 Å². The van der Waals surface area contributed by atoms with Crippen molar-refractivity contribution in [3.05, 3.63) is 35.7 Å². The monoisotopic (exact) mass is 341 g/mol. The summed E-state index contributed by atoms with van der Waals surface area (Å²) in [5, 5.41) is 6.97. The van der Waals surface area contributed by atoms with E-state index in [1.807, 2.05) is 0 Å². The van der Waals surface area contributed by atoms with Gasteiger partial charge in [0.25, 0.3) is 0 Å². The van der Waals surface area contributed by atoms with Crippen LogP contribution < -0.4 is 5.32 Å². The quantitative estimate of drug-likeness (QED) is 0.918. The van der Waals surface area contributed by atoms with Gasteiger partial charge in [0.2, 0.25) is 5.91 Å². The number of alkyl halides is 3. The highest BCUT2D eigenvalue weighted by atomic mass is 19.4. The number of carbonyl (C=O) groups is 1. The number of nitrogens with zero attached hydrogens (tertiary/aromatic N) is 4. The second kappa shape index (κ2) is 6.29. The molecule has 2 aromatic heterocycles. The van der Waals surface area contributed by atoms with Crippen molar-refractivity contribution in [3.63, 3.8) is 0 Å². The van der Waals surface area contributed by atoms with Crippen molar-refractivity contribution in [3.8, 4) is 0 Å². The van der Waals surface area contributed by atoms with Crippen LogP contribution in [0.3, 0.4) is 0 Å². The van der Waals surface area contributed by atoms with Gasteiger partial charge in [-0.1, -0.05) is 0 Å². The maximum Gasteiger partial charge on any atom is 0.434 e. The molecule has 0 spiro atoms. The Hall–Kier alpha value is -2.32. The second-order valence-electron chi connectivity index (χ2n) is 6.06. The van der Waals surface area contributed by atoms with Crippen molar-refractivity contribution < 1.29 is 18.0 Å². The van der Waals surface area contributed by atoms with Crippen LogP contribution in [0.4, 0.5) is 13.2 Å². The van der Waals surface area contributed by atoms with Crippen LogP contribution in [0, 0.1) is 5.92 Å². The molecule has 0 aliphatic carbocycles. The summed E-state index contributed by atoms with van der Waals surface area (Å²) in [6.07, 6.45) is -0.215. The molecule has 1 aliphatic rings. The predicted molar refractivity (Wildman–Crippen MR) is 79.0 cm³/mol. The van der Waals surface area contributed by atoms with Crippen LogP contribution in [0.2, 0.25) is 0 Å². The number of fused-ring (bicyclic) bond motifs is 1. The number of nitrogens with one attached hydrogen (secondary N) is 1. The van der Waals surface area contributed by atoms with E-state index in [1.54, 1.807) is 28.6 Å². The van der Waals surface area contributed by atoms with Crippen LogP contribution in [0.5, 0.6) is 0 Å². The summed E-state index contributed by atoms with van der Waals surface area (Å²) in [6, 6.07) is 1.77. The Morgan fingerprint density at radius 2 is 2.25 bits per heavy atom. The molecular weight excluding hydrogens is 323 g/mol. The number of aromatic nitrogens is 4. The highest BCUT2D eigenvalue weighted by Crippen LogP contribution is 2.30. The van der Waals surface area contributed by atoms with Gasteiger partial charge in [-0.3, -0.25) is 9.48 Å². The van der Waals surface area contributed by atoms with Crippen LogP contribution in [0.15, 0.2) is 18.5 Å². The van der Waals surface area contributed by atoms with Crippen molar-refractivity contribution in [2.45, 2.75) is 32.0 Å². The smallest absolute Gasteiger partial charge is 0.355 e. The summed E-state index contributed by atoms with van der Waals surface area (Å²) >= 11 is 0. The third-order valence-corrected chi connectivity index (χ3v) is 4.08. The van der Waals surface area contributed by atoms with E-state index in [0.29, 0.717) is 37.4 Å². The van der Waals surface area contributed by atoms with E-state index in [4.69, 9.17) is 0 Å². The highest BCUT2D eigenvalue weighted by molar-refractivity contribution is 5.78. The molecule has 0 saturated heterocycles. The number of imidazole rings is 1. The van der Waals surface area contributed by atoms with Crippen molar-refractivity contribution in [1.82, 2.24) is 24.6 Å². The van der Waals surface area contributed by atoms with Gasteiger partial charge in [-0.05, 0) is 18.4 Å². The van der Waals surface area contributed by atoms with Crippen LogP contribution >= 0.6 is 0 Å². The summed E-state index contributed by atoms with van der Waals surface area (Å²) in [5.41, 5.74) is -0.164. The second-order valence-corrected chi connectivity index (χ2v) is 6.06. The molecule has 1 N–H and O–H groups in total. The van der Waals surface area contributed by atoms with E-state index in [1.165, 1.54) is 0 Å². The van der Waals surface area contributed by atoms with Gasteiger partial charge in [0, 0.05) is 39.0 Å².